The number of rotatable bonds is 8. The number of nitrogens with one attached hydrogen (secondary N) is 2. The Bertz CT molecular complexity index is 2760. The van der Waals surface area contributed by atoms with Gasteiger partial charge in [0.1, 0.15) is 0 Å². The van der Waals surface area contributed by atoms with Crippen LogP contribution in [0.25, 0.3) is 16.5 Å². The molecule has 56 heavy (non-hydrogen) atoms. The predicted molar refractivity (Wildman–Crippen MR) is 195 cm³/mol. The topological polar surface area (TPSA) is 254 Å². The average Bonchev–Trinajstić information content (AvgIpc) is 3.39. The average molecular weight is 851 g/mol. The minimum Gasteiger partial charge on any atom is -0.871 e. The normalized spacial score (nSPS) is 11.4. The van der Waals surface area contributed by atoms with Crippen LogP contribution in [-0.4, -0.2) is 45.0 Å². The molecule has 0 unspecified atom stereocenters. The fraction of sp³-hybridized carbons (Fsp3) is 0.111. The number of carbonyl (C=O) groups is 1. The fourth-order valence-corrected chi connectivity index (χ4v) is 6.25. The maximum absolute atomic E-state index is 12.5. The van der Waals surface area contributed by atoms with Crippen LogP contribution in [0.5, 0.6) is 17.2 Å². The van der Waals surface area contributed by atoms with E-state index in [4.69, 9.17) is 0 Å². The number of hydrogen-bond acceptors (Lipinski definition) is 13. The van der Waals surface area contributed by atoms with Crippen LogP contribution in [0.15, 0.2) is 132 Å². The third-order valence-corrected chi connectivity index (χ3v) is 9.80. The molecule has 1 heterocycles. The summed E-state index contributed by atoms with van der Waals surface area (Å²) in [5, 5.41) is 58.2. The summed E-state index contributed by atoms with van der Waals surface area (Å²) < 4.78 is 47.9. The van der Waals surface area contributed by atoms with Crippen LogP contribution in [0.4, 0.5) is 28.4 Å². The molecule has 16 nitrogen and oxygen atoms in total. The van der Waals surface area contributed by atoms with Crippen LogP contribution in [0, 0.1) is 6.92 Å². The first-order valence-corrected chi connectivity index (χ1v) is 19.5. The molecule has 0 spiro atoms. The van der Waals surface area contributed by atoms with Gasteiger partial charge >= 0.3 is 46.3 Å². The summed E-state index contributed by atoms with van der Waals surface area (Å²) in [6.45, 7) is 2.99. The number of sulfone groups is 2. The van der Waals surface area contributed by atoms with Crippen molar-refractivity contribution in [2.45, 2.75) is 23.6 Å². The van der Waals surface area contributed by atoms with Crippen LogP contribution in [0.2, 0.25) is 0 Å². The molecule has 284 valence electrons. The third kappa shape index (κ3) is 10.8. The molecular formula is C36H30CoN7NaO9S2+. The van der Waals surface area contributed by atoms with E-state index in [-0.39, 0.29) is 84.8 Å². The number of benzene rings is 5. The first-order chi connectivity index (χ1) is 25.4. The van der Waals surface area contributed by atoms with E-state index in [1.54, 1.807) is 55.5 Å². The van der Waals surface area contributed by atoms with Crippen molar-refractivity contribution in [1.29, 1.82) is 0 Å². The molecule has 0 radical (unpaired) electrons. The van der Waals surface area contributed by atoms with Crippen molar-refractivity contribution in [3.05, 3.63) is 113 Å². The summed E-state index contributed by atoms with van der Waals surface area (Å²) in [4.78, 5) is 23.9. The molecule has 0 aliphatic carbocycles. The second-order valence-corrected chi connectivity index (χ2v) is 15.8. The number of carbonyl (C=O) groups excluding carboxylic acids is 1. The van der Waals surface area contributed by atoms with Gasteiger partial charge in [-0.05, 0) is 54.8 Å². The molecule has 20 heteroatoms. The van der Waals surface area contributed by atoms with E-state index < -0.39 is 42.5 Å². The summed E-state index contributed by atoms with van der Waals surface area (Å²) in [6.07, 6.45) is 2.04. The molecule has 1 aromatic heterocycles. The summed E-state index contributed by atoms with van der Waals surface area (Å²) in [5.74, 6) is -1.81. The van der Waals surface area contributed by atoms with Crippen molar-refractivity contribution in [1.82, 2.24) is 9.78 Å². The minimum absolute atomic E-state index is 0. The molecule has 6 aromatic rings. The number of H-pyrrole nitrogens is 1. The third-order valence-electron chi connectivity index (χ3n) is 7.58. The Balaban J connectivity index is 0.000000291. The molecule has 5 aromatic carbocycles. The summed E-state index contributed by atoms with van der Waals surface area (Å²) >= 11 is 0. The second kappa shape index (κ2) is 18.7. The Morgan fingerprint density at radius 3 is 1.73 bits per heavy atom. The maximum Gasteiger partial charge on any atom is 3.00 e. The number of fused-ring (bicyclic) bond motifs is 1. The zero-order chi connectivity index (χ0) is 39.4. The molecule has 0 bridgehead atoms. The van der Waals surface area contributed by atoms with Crippen LogP contribution in [0.1, 0.15) is 12.6 Å². The number of aryl methyl sites for hydroxylation is 1. The fourth-order valence-electron chi connectivity index (χ4n) is 4.97. The van der Waals surface area contributed by atoms with Crippen molar-refractivity contribution < 1.29 is 83.3 Å². The van der Waals surface area contributed by atoms with Gasteiger partial charge in [0.25, 0.3) is 5.56 Å². The maximum atomic E-state index is 12.5. The van der Waals surface area contributed by atoms with Gasteiger partial charge in [0.15, 0.2) is 25.4 Å². The van der Waals surface area contributed by atoms with E-state index in [0.717, 1.165) is 36.8 Å². The van der Waals surface area contributed by atoms with Gasteiger partial charge in [-0.15, -0.1) is 5.11 Å². The number of aromatic amines is 1. The molecule has 0 fully saturated rings. The molecule has 6 rings (SSSR count). The van der Waals surface area contributed by atoms with Crippen LogP contribution >= 0.6 is 0 Å². The van der Waals surface area contributed by atoms with Gasteiger partial charge in [-0.2, -0.15) is 15.3 Å². The van der Waals surface area contributed by atoms with Crippen LogP contribution in [0.3, 0.4) is 0 Å². The van der Waals surface area contributed by atoms with Crippen molar-refractivity contribution >= 4 is 64.8 Å². The standard InChI is InChI=1S/C19H17N3O5S.C17H16N4O4S.Co.Na/c1-11(23)20-14-5-3-4-12-6-8-17(25)19(18(12)14)22-21-15-10-13(28(2,26)27)7-9-16(15)24;1-11-16(17(23)21(20-11)12-6-4-3-5-7-12)19-18-14-10-13(26(2,24)25)8-9-15(14)22;;/h3-10,24-25H,1-2H3,(H,20,23);3-10,20,22H,1-2H3;;/q;;+3;+1/p-3. The largest absolute Gasteiger partial charge is 3.00 e. The molecular weight excluding hydrogens is 820 g/mol. The summed E-state index contributed by atoms with van der Waals surface area (Å²) in [5.41, 5.74) is 0.660. The van der Waals surface area contributed by atoms with E-state index in [0.29, 0.717) is 27.8 Å². The monoisotopic (exact) mass is 850 g/mol. The quantitative estimate of drug-likeness (QED) is 0.168. The zero-order valence-corrected chi connectivity index (χ0v) is 35.0. The number of azo groups is 2. The van der Waals surface area contributed by atoms with E-state index in [2.05, 4.69) is 30.9 Å². The van der Waals surface area contributed by atoms with Crippen LogP contribution in [-0.2, 0) is 41.2 Å². The first kappa shape index (κ1) is 45.2. The Labute approximate surface area is 353 Å². The van der Waals surface area contributed by atoms with Gasteiger partial charge in [0.2, 0.25) is 5.91 Å². The summed E-state index contributed by atoms with van der Waals surface area (Å²) in [7, 11) is -7.02. The molecule has 0 saturated heterocycles. The predicted octanol–water partition coefficient (Wildman–Crippen LogP) is 2.13. The second-order valence-electron chi connectivity index (χ2n) is 11.8. The number of anilines is 1. The molecule has 1 amide bonds. The number of para-hydroxylation sites is 1. The molecule has 0 aliphatic rings. The molecule has 0 saturated carbocycles. The Morgan fingerprint density at radius 2 is 1.21 bits per heavy atom. The number of nitrogens with zero attached hydrogens (tertiary/aromatic N) is 5. The van der Waals surface area contributed by atoms with Crippen molar-refractivity contribution in [3.8, 4) is 22.9 Å². The molecule has 2 N–H and O–H groups in total. The van der Waals surface area contributed by atoms with Crippen molar-refractivity contribution in [2.24, 2.45) is 20.5 Å². The van der Waals surface area contributed by atoms with E-state index in [9.17, 15) is 41.7 Å². The number of hydrogen-bond donors (Lipinski definition) is 2. The smallest absolute Gasteiger partial charge is 0.871 e. The van der Waals surface area contributed by atoms with Gasteiger partial charge in [-0.1, -0.05) is 71.8 Å². The van der Waals surface area contributed by atoms with Gasteiger partial charge in [0.05, 0.1) is 43.9 Å². The van der Waals surface area contributed by atoms with E-state index >= 15 is 0 Å². The van der Waals surface area contributed by atoms with Gasteiger partial charge < -0.3 is 20.6 Å². The first-order valence-electron chi connectivity index (χ1n) is 15.7. The Morgan fingerprint density at radius 1 is 0.696 bits per heavy atom. The van der Waals surface area contributed by atoms with Gasteiger partial charge in [-0.3, -0.25) is 14.7 Å². The Hall–Kier alpha value is -5.15. The van der Waals surface area contributed by atoms with E-state index in [1.165, 1.54) is 29.8 Å². The van der Waals surface area contributed by atoms with Gasteiger partial charge in [0, 0.05) is 24.8 Å². The van der Waals surface area contributed by atoms with Gasteiger partial charge in [-0.25, -0.2) is 21.5 Å². The van der Waals surface area contributed by atoms with Crippen molar-refractivity contribution in [2.75, 3.05) is 17.8 Å². The molecule has 0 aliphatic heterocycles. The molecule has 0 atom stereocenters. The van der Waals surface area contributed by atoms with E-state index in [1.807, 2.05) is 6.07 Å². The van der Waals surface area contributed by atoms with Crippen molar-refractivity contribution in [3.63, 3.8) is 0 Å². The SMILES string of the molecule is CC(=O)Nc1cccc2ccc([O-])c(N=Nc3cc(S(C)(=O)=O)ccc3[O-])c12.Cc1[nH]n(-c2ccccc2)c(=O)c1N=Nc1cc(S(C)(=O)=O)ccc1[O-].[Co+3].[Na+]. The zero-order valence-electron chi connectivity index (χ0n) is 30.3. The number of amides is 1. The Kier molecular flexibility index (Phi) is 15.1. The number of aromatic nitrogens is 2. The van der Waals surface area contributed by atoms with Crippen LogP contribution < -0.4 is 55.8 Å². The summed E-state index contributed by atoms with van der Waals surface area (Å²) in [6, 6.07) is 23.7. The minimum atomic E-state index is -3.54.